The van der Waals surface area contributed by atoms with Gasteiger partial charge in [0.1, 0.15) is 0 Å². The van der Waals surface area contributed by atoms with Crippen molar-refractivity contribution in [1.29, 1.82) is 0 Å². The molecule has 20 heavy (non-hydrogen) atoms. The van der Waals surface area contributed by atoms with E-state index in [2.05, 4.69) is 42.5 Å². The molecule has 0 bridgehead atoms. The minimum atomic E-state index is 0.217. The van der Waals surface area contributed by atoms with Crippen LogP contribution < -0.4 is 10.2 Å². The summed E-state index contributed by atoms with van der Waals surface area (Å²) in [5, 5.41) is 12.7. The summed E-state index contributed by atoms with van der Waals surface area (Å²) in [4.78, 5) is 2.13. The average Bonchev–Trinajstić information content (AvgIpc) is 2.94. The Morgan fingerprint density at radius 3 is 3.00 bits per heavy atom. The van der Waals surface area contributed by atoms with Gasteiger partial charge in [0.2, 0.25) is 0 Å². The molecule has 1 aromatic rings. The van der Waals surface area contributed by atoms with Crippen LogP contribution in [0.5, 0.6) is 0 Å². The first kappa shape index (κ1) is 13.7. The number of fused-ring (bicyclic) bond motifs is 3. The number of ether oxygens (including phenoxy) is 1. The van der Waals surface area contributed by atoms with E-state index in [9.17, 15) is 0 Å². The summed E-state index contributed by atoms with van der Waals surface area (Å²) in [6.07, 6.45) is 3.19. The predicted molar refractivity (Wildman–Crippen MR) is 81.3 cm³/mol. The molecule has 0 saturated carbocycles. The highest BCUT2D eigenvalue weighted by Gasteiger charge is 2.40. The van der Waals surface area contributed by atoms with Crippen LogP contribution in [0.4, 0.5) is 11.4 Å². The van der Waals surface area contributed by atoms with E-state index < -0.39 is 0 Å². The first-order valence-corrected chi connectivity index (χ1v) is 7.51. The van der Waals surface area contributed by atoms with Gasteiger partial charge in [0.25, 0.3) is 0 Å². The normalized spacial score (nSPS) is 27.6. The Morgan fingerprint density at radius 2 is 2.25 bits per heavy atom. The summed E-state index contributed by atoms with van der Waals surface area (Å²) in [5.41, 5.74) is 3.70. The zero-order valence-electron chi connectivity index (χ0n) is 12.3. The third-order valence-electron chi connectivity index (χ3n) is 4.53. The van der Waals surface area contributed by atoms with Crippen molar-refractivity contribution in [2.45, 2.75) is 31.4 Å². The van der Waals surface area contributed by atoms with Crippen LogP contribution in [0.1, 0.15) is 30.9 Å². The van der Waals surface area contributed by atoms with Gasteiger partial charge >= 0.3 is 0 Å². The van der Waals surface area contributed by atoms with Gasteiger partial charge in [-0.1, -0.05) is 0 Å². The molecular weight excluding hydrogens is 252 g/mol. The molecule has 1 fully saturated rings. The summed E-state index contributed by atoms with van der Waals surface area (Å²) in [5.74, 6) is 0.534. The number of anilines is 2. The number of hydrogen-bond donors (Lipinski definition) is 2. The van der Waals surface area contributed by atoms with Crippen molar-refractivity contribution in [2.24, 2.45) is 5.92 Å². The Labute approximate surface area is 120 Å². The van der Waals surface area contributed by atoms with Crippen molar-refractivity contribution in [2.75, 3.05) is 37.5 Å². The second-order valence-corrected chi connectivity index (χ2v) is 6.03. The molecule has 1 saturated heterocycles. The number of hydrogen-bond acceptors (Lipinski definition) is 4. The number of aliphatic hydroxyl groups is 1. The Kier molecular flexibility index (Phi) is 3.85. The third-order valence-corrected chi connectivity index (χ3v) is 4.53. The maximum absolute atomic E-state index is 9.07. The van der Waals surface area contributed by atoms with Gasteiger partial charge in [0.05, 0.1) is 6.10 Å². The predicted octanol–water partition coefficient (Wildman–Crippen LogP) is 2.40. The van der Waals surface area contributed by atoms with Crippen molar-refractivity contribution in [3.63, 3.8) is 0 Å². The molecule has 1 aromatic carbocycles. The van der Waals surface area contributed by atoms with E-state index >= 15 is 0 Å². The van der Waals surface area contributed by atoms with E-state index in [1.165, 1.54) is 16.9 Å². The maximum atomic E-state index is 9.07. The van der Waals surface area contributed by atoms with E-state index in [-0.39, 0.29) is 12.7 Å². The first-order chi connectivity index (χ1) is 9.70. The summed E-state index contributed by atoms with van der Waals surface area (Å²) >= 11 is 0. The minimum Gasteiger partial charge on any atom is -0.396 e. The molecule has 0 radical (unpaired) electrons. The number of benzene rings is 1. The van der Waals surface area contributed by atoms with Crippen LogP contribution >= 0.6 is 0 Å². The standard InChI is InChI=1S/C16H24N2O2/c1-18(2)11-5-6-15-13(10-11)16-12(7-9-20-16)14(17-15)4-3-8-19/h5-6,10,12,14,16-17,19H,3-4,7-9H2,1-2H3. The molecule has 4 nitrogen and oxygen atoms in total. The molecule has 2 aliphatic heterocycles. The van der Waals surface area contributed by atoms with E-state index in [1.54, 1.807) is 0 Å². The lowest BCUT2D eigenvalue weighted by atomic mass is 9.82. The van der Waals surface area contributed by atoms with Gasteiger partial charge in [-0.3, -0.25) is 0 Å². The highest BCUT2D eigenvalue weighted by atomic mass is 16.5. The van der Waals surface area contributed by atoms with Crippen LogP contribution in [-0.2, 0) is 4.74 Å². The van der Waals surface area contributed by atoms with E-state index in [0.29, 0.717) is 12.0 Å². The quantitative estimate of drug-likeness (QED) is 0.886. The lowest BCUT2D eigenvalue weighted by molar-refractivity contribution is 0.0813. The summed E-state index contributed by atoms with van der Waals surface area (Å²) in [6, 6.07) is 6.97. The Hall–Kier alpha value is -1.26. The van der Waals surface area contributed by atoms with Crippen LogP contribution in [0.2, 0.25) is 0 Å². The SMILES string of the molecule is CN(C)c1ccc2c(c1)C1OCCC1C(CCCO)N2. The largest absolute Gasteiger partial charge is 0.396 e. The fraction of sp³-hybridized carbons (Fsp3) is 0.625. The molecule has 0 aliphatic carbocycles. The van der Waals surface area contributed by atoms with E-state index in [4.69, 9.17) is 9.84 Å². The van der Waals surface area contributed by atoms with Gasteiger partial charge in [-0.05, 0) is 37.5 Å². The summed E-state index contributed by atoms with van der Waals surface area (Å²) in [6.45, 7) is 1.11. The van der Waals surface area contributed by atoms with Gasteiger partial charge in [0, 0.05) is 56.2 Å². The van der Waals surface area contributed by atoms with E-state index in [0.717, 1.165) is 25.9 Å². The molecule has 0 amide bonds. The maximum Gasteiger partial charge on any atom is 0.0894 e. The molecule has 110 valence electrons. The zero-order chi connectivity index (χ0) is 14.1. The molecular formula is C16H24N2O2. The third kappa shape index (κ3) is 2.38. The van der Waals surface area contributed by atoms with Gasteiger partial charge < -0.3 is 20.1 Å². The molecule has 0 aromatic heterocycles. The minimum absolute atomic E-state index is 0.217. The highest BCUT2D eigenvalue weighted by molar-refractivity contribution is 5.63. The summed E-state index contributed by atoms with van der Waals surface area (Å²) in [7, 11) is 4.13. The number of rotatable bonds is 4. The van der Waals surface area contributed by atoms with Gasteiger partial charge in [-0.15, -0.1) is 0 Å². The molecule has 2 heterocycles. The number of aliphatic hydroxyl groups excluding tert-OH is 1. The van der Waals surface area contributed by atoms with Crippen molar-refractivity contribution in [1.82, 2.24) is 0 Å². The van der Waals surface area contributed by atoms with Gasteiger partial charge in [-0.25, -0.2) is 0 Å². The lowest BCUT2D eigenvalue weighted by Crippen LogP contribution is -2.36. The topological polar surface area (TPSA) is 44.7 Å². The number of nitrogens with one attached hydrogen (secondary N) is 1. The van der Waals surface area contributed by atoms with Crippen LogP contribution in [0.25, 0.3) is 0 Å². The smallest absolute Gasteiger partial charge is 0.0894 e. The molecule has 2 N–H and O–H groups in total. The van der Waals surface area contributed by atoms with Gasteiger partial charge in [0.15, 0.2) is 0 Å². The Bertz CT molecular complexity index is 476. The fourth-order valence-electron chi connectivity index (χ4n) is 3.44. The average molecular weight is 276 g/mol. The molecule has 0 spiro atoms. The molecule has 2 aliphatic rings. The van der Waals surface area contributed by atoms with Gasteiger partial charge in [-0.2, -0.15) is 0 Å². The molecule has 3 rings (SSSR count). The fourth-order valence-corrected chi connectivity index (χ4v) is 3.44. The zero-order valence-corrected chi connectivity index (χ0v) is 12.3. The highest BCUT2D eigenvalue weighted by Crippen LogP contribution is 2.46. The Morgan fingerprint density at radius 1 is 1.40 bits per heavy atom. The van der Waals surface area contributed by atoms with Crippen LogP contribution in [-0.4, -0.2) is 38.5 Å². The van der Waals surface area contributed by atoms with Crippen molar-refractivity contribution in [3.8, 4) is 0 Å². The Balaban J connectivity index is 1.90. The first-order valence-electron chi connectivity index (χ1n) is 7.51. The monoisotopic (exact) mass is 276 g/mol. The number of nitrogens with zero attached hydrogens (tertiary/aromatic N) is 1. The molecule has 4 heteroatoms. The van der Waals surface area contributed by atoms with Crippen molar-refractivity contribution in [3.05, 3.63) is 23.8 Å². The second kappa shape index (κ2) is 5.62. The van der Waals surface area contributed by atoms with Crippen LogP contribution in [0.3, 0.4) is 0 Å². The van der Waals surface area contributed by atoms with E-state index in [1.807, 2.05) is 0 Å². The second-order valence-electron chi connectivity index (χ2n) is 6.03. The lowest BCUT2D eigenvalue weighted by Gasteiger charge is -2.36. The summed E-state index contributed by atoms with van der Waals surface area (Å²) < 4.78 is 6.01. The van der Waals surface area contributed by atoms with Crippen molar-refractivity contribution >= 4 is 11.4 Å². The molecule has 3 unspecified atom stereocenters. The van der Waals surface area contributed by atoms with Crippen LogP contribution in [0, 0.1) is 5.92 Å². The van der Waals surface area contributed by atoms with Crippen LogP contribution in [0.15, 0.2) is 18.2 Å². The van der Waals surface area contributed by atoms with Crippen molar-refractivity contribution < 1.29 is 9.84 Å². The molecule has 3 atom stereocenters.